The van der Waals surface area contributed by atoms with E-state index in [0.29, 0.717) is 42.4 Å². The molecule has 1 saturated heterocycles. The standard InChI is InChI=1S/C26H24F3N3O4S/c1-35-19-9-11-23-21(17-19)25(30-22-16-18(26(27,28)29)8-10-24(22)36-23)31-12-5-13-32(15-14-31)37(33,34)20-6-3-2-4-7-20/h2-4,6-11,16-17H,5,12-15H2,1H3. The molecule has 0 N–H and O–H groups in total. The zero-order chi connectivity index (χ0) is 26.2. The first-order valence-electron chi connectivity index (χ1n) is 11.6. The second kappa shape index (κ2) is 9.71. The summed E-state index contributed by atoms with van der Waals surface area (Å²) in [5, 5.41) is 0. The first-order valence-corrected chi connectivity index (χ1v) is 13.1. The van der Waals surface area contributed by atoms with Gasteiger partial charge in [-0.3, -0.25) is 0 Å². The number of methoxy groups -OCH3 is 1. The van der Waals surface area contributed by atoms with Gasteiger partial charge in [0.1, 0.15) is 23.0 Å². The van der Waals surface area contributed by atoms with Crippen LogP contribution >= 0.6 is 0 Å². The summed E-state index contributed by atoms with van der Waals surface area (Å²) in [4.78, 5) is 6.74. The molecule has 7 nitrogen and oxygen atoms in total. The molecule has 0 amide bonds. The third-order valence-corrected chi connectivity index (χ3v) is 8.21. The normalized spacial score (nSPS) is 16.5. The lowest BCUT2D eigenvalue weighted by molar-refractivity contribution is -0.137. The number of rotatable bonds is 3. The molecular formula is C26H24F3N3O4S. The Hall–Kier alpha value is -3.57. The molecule has 0 atom stereocenters. The molecular weight excluding hydrogens is 507 g/mol. The van der Waals surface area contributed by atoms with Crippen LogP contribution in [0.4, 0.5) is 18.9 Å². The number of sulfonamides is 1. The quantitative estimate of drug-likeness (QED) is 0.459. The Labute approximate surface area is 212 Å². The Balaban J connectivity index is 1.53. The smallest absolute Gasteiger partial charge is 0.416 e. The summed E-state index contributed by atoms with van der Waals surface area (Å²) in [5.41, 5.74) is -0.251. The molecule has 2 heterocycles. The SMILES string of the molecule is COc1ccc2c(c1)C(N1CCCN(S(=O)(=O)c3ccccc3)CC1)=Nc1cc(C(F)(F)F)ccc1O2. The largest absolute Gasteiger partial charge is 0.497 e. The van der Waals surface area contributed by atoms with Crippen molar-refractivity contribution in [2.45, 2.75) is 17.5 Å². The van der Waals surface area contributed by atoms with E-state index in [0.717, 1.165) is 12.1 Å². The summed E-state index contributed by atoms with van der Waals surface area (Å²) in [6.45, 7) is 1.23. The van der Waals surface area contributed by atoms with Crippen molar-refractivity contribution in [3.63, 3.8) is 0 Å². The van der Waals surface area contributed by atoms with Gasteiger partial charge in [0.25, 0.3) is 0 Å². The highest BCUT2D eigenvalue weighted by Crippen LogP contribution is 2.42. The minimum absolute atomic E-state index is 0.0398. The van der Waals surface area contributed by atoms with Crippen molar-refractivity contribution in [1.82, 2.24) is 9.21 Å². The van der Waals surface area contributed by atoms with Crippen LogP contribution in [0.5, 0.6) is 17.2 Å². The summed E-state index contributed by atoms with van der Waals surface area (Å²) in [7, 11) is -2.18. The summed E-state index contributed by atoms with van der Waals surface area (Å²) < 4.78 is 79.5. The number of benzene rings is 3. The van der Waals surface area contributed by atoms with E-state index in [9.17, 15) is 21.6 Å². The average molecular weight is 532 g/mol. The molecule has 5 rings (SSSR count). The average Bonchev–Trinajstić information content (AvgIpc) is 3.23. The van der Waals surface area contributed by atoms with Gasteiger partial charge in [0.2, 0.25) is 10.0 Å². The molecule has 0 aliphatic carbocycles. The molecule has 3 aromatic rings. The molecule has 0 bridgehead atoms. The zero-order valence-electron chi connectivity index (χ0n) is 19.9. The fourth-order valence-corrected chi connectivity index (χ4v) is 5.88. The minimum Gasteiger partial charge on any atom is -0.497 e. The number of ether oxygens (including phenoxy) is 2. The van der Waals surface area contributed by atoms with Crippen LogP contribution in [0.3, 0.4) is 0 Å². The summed E-state index contributed by atoms with van der Waals surface area (Å²) >= 11 is 0. The van der Waals surface area contributed by atoms with Gasteiger partial charge >= 0.3 is 6.18 Å². The van der Waals surface area contributed by atoms with Gasteiger partial charge in [-0.05, 0) is 55.0 Å². The molecule has 1 fully saturated rings. The maximum Gasteiger partial charge on any atom is 0.416 e. The fourth-order valence-electron chi connectivity index (χ4n) is 4.39. The Bertz CT molecular complexity index is 1440. The maximum absolute atomic E-state index is 13.4. The highest BCUT2D eigenvalue weighted by atomic mass is 32.2. The molecule has 3 aromatic carbocycles. The highest BCUT2D eigenvalue weighted by molar-refractivity contribution is 7.89. The van der Waals surface area contributed by atoms with E-state index < -0.39 is 21.8 Å². The number of hydrogen-bond donors (Lipinski definition) is 0. The van der Waals surface area contributed by atoms with Crippen LogP contribution in [0.2, 0.25) is 0 Å². The first-order chi connectivity index (χ1) is 17.7. The highest BCUT2D eigenvalue weighted by Gasteiger charge is 2.33. The third-order valence-electron chi connectivity index (χ3n) is 6.30. The van der Waals surface area contributed by atoms with E-state index in [1.54, 1.807) is 48.5 Å². The maximum atomic E-state index is 13.4. The van der Waals surface area contributed by atoms with Crippen LogP contribution in [0.1, 0.15) is 17.5 Å². The van der Waals surface area contributed by atoms with Crippen LogP contribution in [0.15, 0.2) is 76.6 Å². The molecule has 194 valence electrons. The van der Waals surface area contributed by atoms with E-state index in [1.807, 2.05) is 4.90 Å². The Morgan fingerprint density at radius 3 is 2.41 bits per heavy atom. The van der Waals surface area contributed by atoms with Crippen molar-refractivity contribution in [2.24, 2.45) is 4.99 Å². The molecule has 11 heteroatoms. The fraction of sp³-hybridized carbons (Fsp3) is 0.269. The molecule has 0 radical (unpaired) electrons. The number of hydrogen-bond acceptors (Lipinski definition) is 6. The lowest BCUT2D eigenvalue weighted by atomic mass is 10.1. The van der Waals surface area contributed by atoms with Crippen molar-refractivity contribution in [1.29, 1.82) is 0 Å². The Kier molecular flexibility index (Phi) is 6.59. The predicted molar refractivity (Wildman–Crippen MR) is 132 cm³/mol. The number of halogens is 3. The Morgan fingerprint density at radius 1 is 0.919 bits per heavy atom. The van der Waals surface area contributed by atoms with Gasteiger partial charge in [0.15, 0.2) is 5.75 Å². The number of amidine groups is 1. The lowest BCUT2D eigenvalue weighted by Gasteiger charge is -2.25. The minimum atomic E-state index is -4.54. The molecule has 0 unspecified atom stereocenters. The van der Waals surface area contributed by atoms with Crippen molar-refractivity contribution in [3.8, 4) is 17.2 Å². The van der Waals surface area contributed by atoms with Crippen LogP contribution < -0.4 is 9.47 Å². The van der Waals surface area contributed by atoms with Gasteiger partial charge in [-0.15, -0.1) is 0 Å². The number of nitrogens with zero attached hydrogens (tertiary/aromatic N) is 3. The van der Waals surface area contributed by atoms with Crippen LogP contribution in [0, 0.1) is 0 Å². The van der Waals surface area contributed by atoms with E-state index in [2.05, 4.69) is 4.99 Å². The van der Waals surface area contributed by atoms with E-state index in [-0.39, 0.29) is 29.4 Å². The van der Waals surface area contributed by atoms with Crippen molar-refractivity contribution in [3.05, 3.63) is 77.9 Å². The van der Waals surface area contributed by atoms with Gasteiger partial charge in [0.05, 0.1) is 23.1 Å². The summed E-state index contributed by atoms with van der Waals surface area (Å²) in [6, 6.07) is 16.5. The van der Waals surface area contributed by atoms with Crippen LogP contribution in [-0.4, -0.2) is 56.7 Å². The molecule has 0 spiro atoms. The van der Waals surface area contributed by atoms with Crippen molar-refractivity contribution >= 4 is 21.5 Å². The van der Waals surface area contributed by atoms with Crippen molar-refractivity contribution in [2.75, 3.05) is 33.3 Å². The van der Waals surface area contributed by atoms with Crippen molar-refractivity contribution < 1.29 is 31.1 Å². The zero-order valence-corrected chi connectivity index (χ0v) is 20.7. The molecule has 2 aliphatic rings. The number of fused-ring (bicyclic) bond motifs is 2. The van der Waals surface area contributed by atoms with E-state index in [4.69, 9.17) is 9.47 Å². The van der Waals surface area contributed by atoms with Crippen LogP contribution in [0.25, 0.3) is 0 Å². The van der Waals surface area contributed by atoms with E-state index in [1.165, 1.54) is 17.5 Å². The van der Waals surface area contributed by atoms with Gasteiger partial charge in [-0.1, -0.05) is 18.2 Å². The topological polar surface area (TPSA) is 71.4 Å². The van der Waals surface area contributed by atoms with Gasteiger partial charge in [-0.2, -0.15) is 17.5 Å². The first kappa shape index (κ1) is 25.1. The molecule has 37 heavy (non-hydrogen) atoms. The summed E-state index contributed by atoms with van der Waals surface area (Å²) in [5.74, 6) is 1.53. The van der Waals surface area contributed by atoms with Gasteiger partial charge in [0, 0.05) is 26.2 Å². The predicted octanol–water partition coefficient (Wildman–Crippen LogP) is 5.29. The Morgan fingerprint density at radius 2 is 1.68 bits per heavy atom. The summed E-state index contributed by atoms with van der Waals surface area (Å²) in [6.07, 6.45) is -4.04. The molecule has 2 aliphatic heterocycles. The van der Waals surface area contributed by atoms with Crippen LogP contribution in [-0.2, 0) is 16.2 Å². The third kappa shape index (κ3) is 5.01. The molecule has 0 saturated carbocycles. The second-order valence-electron chi connectivity index (χ2n) is 8.64. The van der Waals surface area contributed by atoms with Gasteiger partial charge in [-0.25, -0.2) is 13.4 Å². The number of aliphatic imine (C=N–C) groups is 1. The van der Waals surface area contributed by atoms with Gasteiger partial charge < -0.3 is 14.4 Å². The monoisotopic (exact) mass is 531 g/mol. The second-order valence-corrected chi connectivity index (χ2v) is 10.6. The van der Waals surface area contributed by atoms with E-state index >= 15 is 0 Å². The lowest BCUT2D eigenvalue weighted by Crippen LogP contribution is -2.37. The number of alkyl halides is 3. The molecule has 0 aromatic heterocycles.